The highest BCUT2D eigenvalue weighted by molar-refractivity contribution is 7.92. The topological polar surface area (TPSA) is 89.5 Å². The molecule has 6 nitrogen and oxygen atoms in total. The standard InChI is InChI=1S/C16H14FNO5S/c1-24(21,22)18-14-8-4-11(5-9-14)15(19)10-23-16(20)12-2-6-13(17)7-3-12/h2-9,18H,10H2,1H3. The van der Waals surface area contributed by atoms with Crippen LogP contribution >= 0.6 is 0 Å². The van der Waals surface area contributed by atoms with Crippen LogP contribution in [0.25, 0.3) is 0 Å². The number of benzene rings is 2. The SMILES string of the molecule is CS(=O)(=O)Nc1ccc(C(=O)COC(=O)c2ccc(F)cc2)cc1. The Kier molecular flexibility index (Phi) is 5.30. The van der Waals surface area contributed by atoms with E-state index in [9.17, 15) is 22.4 Å². The number of esters is 1. The number of carbonyl (C=O) groups excluding carboxylic acids is 2. The molecular weight excluding hydrogens is 337 g/mol. The van der Waals surface area contributed by atoms with Crippen molar-refractivity contribution in [2.75, 3.05) is 17.6 Å². The Morgan fingerprint density at radius 2 is 1.54 bits per heavy atom. The summed E-state index contributed by atoms with van der Waals surface area (Å²) in [5.41, 5.74) is 0.718. The van der Waals surface area contributed by atoms with Crippen molar-refractivity contribution in [1.29, 1.82) is 0 Å². The minimum Gasteiger partial charge on any atom is -0.454 e. The number of sulfonamides is 1. The van der Waals surface area contributed by atoms with E-state index in [1.807, 2.05) is 0 Å². The van der Waals surface area contributed by atoms with E-state index in [-0.39, 0.29) is 11.1 Å². The monoisotopic (exact) mass is 351 g/mol. The van der Waals surface area contributed by atoms with Crippen molar-refractivity contribution in [2.24, 2.45) is 0 Å². The average Bonchev–Trinajstić information content (AvgIpc) is 2.52. The normalized spacial score (nSPS) is 10.9. The molecule has 0 unspecified atom stereocenters. The molecule has 2 aromatic carbocycles. The molecule has 126 valence electrons. The number of carbonyl (C=O) groups is 2. The summed E-state index contributed by atoms with van der Waals surface area (Å²) >= 11 is 0. The Morgan fingerprint density at radius 3 is 2.08 bits per heavy atom. The van der Waals surface area contributed by atoms with Gasteiger partial charge in [-0.05, 0) is 48.5 Å². The number of hydrogen-bond acceptors (Lipinski definition) is 5. The minimum absolute atomic E-state index is 0.136. The highest BCUT2D eigenvalue weighted by Crippen LogP contribution is 2.12. The Balaban J connectivity index is 1.95. The van der Waals surface area contributed by atoms with Gasteiger partial charge >= 0.3 is 5.97 Å². The number of halogens is 1. The van der Waals surface area contributed by atoms with Crippen molar-refractivity contribution in [2.45, 2.75) is 0 Å². The van der Waals surface area contributed by atoms with Crippen LogP contribution in [0.5, 0.6) is 0 Å². The van der Waals surface area contributed by atoms with Crippen LogP contribution in [-0.2, 0) is 14.8 Å². The summed E-state index contributed by atoms with van der Waals surface area (Å²) in [6.45, 7) is -0.477. The summed E-state index contributed by atoms with van der Waals surface area (Å²) in [4.78, 5) is 23.7. The van der Waals surface area contributed by atoms with Gasteiger partial charge in [0.25, 0.3) is 0 Å². The lowest BCUT2D eigenvalue weighted by Gasteiger charge is -2.06. The van der Waals surface area contributed by atoms with E-state index in [4.69, 9.17) is 4.74 Å². The molecule has 0 saturated carbocycles. The molecular formula is C16H14FNO5S. The summed E-state index contributed by atoms with van der Waals surface area (Å²) < 4.78 is 42.1. The zero-order valence-corrected chi connectivity index (χ0v) is 13.5. The van der Waals surface area contributed by atoms with E-state index in [1.165, 1.54) is 36.4 Å². The van der Waals surface area contributed by atoms with E-state index < -0.39 is 34.2 Å². The van der Waals surface area contributed by atoms with Crippen molar-refractivity contribution in [3.05, 3.63) is 65.5 Å². The lowest BCUT2D eigenvalue weighted by atomic mass is 10.1. The Bertz CT molecular complexity index is 845. The molecule has 0 atom stereocenters. The number of rotatable bonds is 6. The van der Waals surface area contributed by atoms with E-state index in [1.54, 1.807) is 0 Å². The van der Waals surface area contributed by atoms with Crippen LogP contribution in [0.3, 0.4) is 0 Å². The Labute approximate surface area is 138 Å². The molecule has 2 aromatic rings. The fraction of sp³-hybridized carbons (Fsp3) is 0.125. The Morgan fingerprint density at radius 1 is 1.00 bits per heavy atom. The van der Waals surface area contributed by atoms with E-state index in [0.717, 1.165) is 18.4 Å². The van der Waals surface area contributed by atoms with Crippen molar-refractivity contribution >= 4 is 27.5 Å². The van der Waals surface area contributed by atoms with Gasteiger partial charge in [0.15, 0.2) is 12.4 Å². The fourth-order valence-electron chi connectivity index (χ4n) is 1.82. The van der Waals surface area contributed by atoms with Crippen molar-refractivity contribution < 1.29 is 27.1 Å². The molecule has 1 N–H and O–H groups in total. The highest BCUT2D eigenvalue weighted by atomic mass is 32.2. The van der Waals surface area contributed by atoms with Crippen LogP contribution in [0.1, 0.15) is 20.7 Å². The van der Waals surface area contributed by atoms with Crippen LogP contribution in [0.2, 0.25) is 0 Å². The third-order valence-electron chi connectivity index (χ3n) is 2.92. The van der Waals surface area contributed by atoms with Gasteiger partial charge in [0, 0.05) is 11.3 Å². The van der Waals surface area contributed by atoms with Crippen molar-refractivity contribution in [1.82, 2.24) is 0 Å². The molecule has 0 aliphatic rings. The van der Waals surface area contributed by atoms with Crippen molar-refractivity contribution in [3.8, 4) is 0 Å². The molecule has 0 amide bonds. The van der Waals surface area contributed by atoms with Gasteiger partial charge in [-0.1, -0.05) is 0 Å². The first-order chi connectivity index (χ1) is 11.2. The lowest BCUT2D eigenvalue weighted by molar-refractivity contribution is 0.0474. The number of ketones is 1. The largest absolute Gasteiger partial charge is 0.454 e. The molecule has 0 aromatic heterocycles. The van der Waals surface area contributed by atoms with Crippen molar-refractivity contribution in [3.63, 3.8) is 0 Å². The van der Waals surface area contributed by atoms with Crippen LogP contribution in [-0.4, -0.2) is 33.0 Å². The third kappa shape index (κ3) is 5.17. The van der Waals surface area contributed by atoms with Gasteiger partial charge in [0.2, 0.25) is 10.0 Å². The smallest absolute Gasteiger partial charge is 0.338 e. The van der Waals surface area contributed by atoms with E-state index in [2.05, 4.69) is 4.72 Å². The molecule has 0 saturated heterocycles. The second-order valence-electron chi connectivity index (χ2n) is 4.96. The fourth-order valence-corrected chi connectivity index (χ4v) is 2.39. The van der Waals surface area contributed by atoms with E-state index in [0.29, 0.717) is 5.69 Å². The number of hydrogen-bond donors (Lipinski definition) is 1. The second kappa shape index (κ2) is 7.22. The zero-order valence-electron chi connectivity index (χ0n) is 12.7. The van der Waals surface area contributed by atoms with Gasteiger partial charge in [-0.25, -0.2) is 17.6 Å². The van der Waals surface area contributed by atoms with E-state index >= 15 is 0 Å². The van der Waals surface area contributed by atoms with Gasteiger partial charge in [-0.3, -0.25) is 9.52 Å². The van der Waals surface area contributed by atoms with Gasteiger partial charge in [-0.2, -0.15) is 0 Å². The molecule has 24 heavy (non-hydrogen) atoms. The molecule has 8 heteroatoms. The van der Waals surface area contributed by atoms with Crippen LogP contribution in [0.4, 0.5) is 10.1 Å². The molecule has 0 radical (unpaired) electrons. The van der Waals surface area contributed by atoms with Gasteiger partial charge in [0.1, 0.15) is 5.82 Å². The molecule has 0 bridgehead atoms. The molecule has 0 aliphatic carbocycles. The second-order valence-corrected chi connectivity index (χ2v) is 6.71. The lowest BCUT2D eigenvalue weighted by Crippen LogP contribution is -2.14. The number of ether oxygens (including phenoxy) is 1. The first kappa shape index (κ1) is 17.6. The first-order valence-electron chi connectivity index (χ1n) is 6.78. The minimum atomic E-state index is -3.40. The molecule has 0 heterocycles. The summed E-state index contributed by atoms with van der Waals surface area (Å²) in [6, 6.07) is 10.4. The van der Waals surface area contributed by atoms with Crippen LogP contribution in [0, 0.1) is 5.82 Å². The van der Waals surface area contributed by atoms with Gasteiger partial charge in [0.05, 0.1) is 11.8 Å². The summed E-state index contributed by atoms with van der Waals surface area (Å²) in [7, 11) is -3.40. The first-order valence-corrected chi connectivity index (χ1v) is 8.67. The van der Waals surface area contributed by atoms with Gasteiger partial charge < -0.3 is 4.74 Å². The van der Waals surface area contributed by atoms with Crippen LogP contribution < -0.4 is 4.72 Å². The maximum atomic E-state index is 12.8. The predicted octanol–water partition coefficient (Wildman–Crippen LogP) is 2.24. The summed E-state index contributed by atoms with van der Waals surface area (Å²) in [6.07, 6.45) is 1.01. The maximum absolute atomic E-state index is 12.8. The maximum Gasteiger partial charge on any atom is 0.338 e. The predicted molar refractivity (Wildman–Crippen MR) is 85.9 cm³/mol. The molecule has 2 rings (SSSR count). The number of anilines is 1. The quantitative estimate of drug-likeness (QED) is 0.637. The summed E-state index contributed by atoms with van der Waals surface area (Å²) in [5, 5.41) is 0. The average molecular weight is 351 g/mol. The third-order valence-corrected chi connectivity index (χ3v) is 3.53. The van der Waals surface area contributed by atoms with Crippen LogP contribution in [0.15, 0.2) is 48.5 Å². The molecule has 0 spiro atoms. The Hall–Kier alpha value is -2.74. The van der Waals surface area contributed by atoms with Gasteiger partial charge in [-0.15, -0.1) is 0 Å². The molecule has 0 fully saturated rings. The molecule has 0 aliphatic heterocycles. The number of Topliss-reactive ketones (excluding diaryl/α,β-unsaturated/α-hetero) is 1. The summed E-state index contributed by atoms with van der Waals surface area (Å²) in [5.74, 6) is -1.67. The number of nitrogens with one attached hydrogen (secondary N) is 1. The highest BCUT2D eigenvalue weighted by Gasteiger charge is 2.12. The zero-order chi connectivity index (χ0) is 17.7.